The molecule has 0 heterocycles. The van der Waals surface area contributed by atoms with Gasteiger partial charge >= 0.3 is 0 Å². The second-order valence-electron chi connectivity index (χ2n) is 5.90. The molecule has 1 N–H and O–H groups in total. The molecule has 0 spiro atoms. The van der Waals surface area contributed by atoms with Gasteiger partial charge in [-0.2, -0.15) is 0 Å². The zero-order valence-electron chi connectivity index (χ0n) is 14.0. The Morgan fingerprint density at radius 1 is 1.08 bits per heavy atom. The van der Waals surface area contributed by atoms with E-state index >= 15 is 0 Å². The lowest BCUT2D eigenvalue weighted by molar-refractivity contribution is -0.129. The van der Waals surface area contributed by atoms with Crippen LogP contribution < -0.4 is 0 Å². The first-order chi connectivity index (χ1) is 12.2. The van der Waals surface area contributed by atoms with Crippen molar-refractivity contribution in [2.45, 2.75) is 18.1 Å². The number of carbonyl (C=O) groups is 1. The van der Waals surface area contributed by atoms with E-state index in [0.717, 1.165) is 17.4 Å². The Hall–Kier alpha value is -2.85. The van der Waals surface area contributed by atoms with Crippen molar-refractivity contribution in [2.24, 2.45) is 0 Å². The molecule has 0 fully saturated rings. The van der Waals surface area contributed by atoms with Gasteiger partial charge in [-0.1, -0.05) is 60.7 Å². The van der Waals surface area contributed by atoms with E-state index in [2.05, 4.69) is 0 Å². The van der Waals surface area contributed by atoms with Crippen molar-refractivity contribution in [3.63, 3.8) is 0 Å². The summed E-state index contributed by atoms with van der Waals surface area (Å²) < 4.78 is 11.3. The molecule has 4 nitrogen and oxygen atoms in total. The molecule has 2 aromatic carbocycles. The van der Waals surface area contributed by atoms with Gasteiger partial charge in [0.25, 0.3) is 0 Å². The van der Waals surface area contributed by atoms with Crippen LogP contribution in [0, 0.1) is 0 Å². The van der Waals surface area contributed by atoms with E-state index in [-0.39, 0.29) is 18.1 Å². The van der Waals surface area contributed by atoms with E-state index in [4.69, 9.17) is 9.47 Å². The number of aliphatic hydroxyl groups is 1. The number of rotatable bonds is 6. The Morgan fingerprint density at radius 2 is 1.72 bits per heavy atom. The van der Waals surface area contributed by atoms with Crippen molar-refractivity contribution < 1.29 is 19.4 Å². The fourth-order valence-corrected chi connectivity index (χ4v) is 2.97. The molecule has 25 heavy (non-hydrogen) atoms. The van der Waals surface area contributed by atoms with Crippen LogP contribution in [0.3, 0.4) is 0 Å². The van der Waals surface area contributed by atoms with Gasteiger partial charge in [-0.15, -0.1) is 0 Å². The minimum absolute atomic E-state index is 0.00265. The molecule has 0 aliphatic heterocycles. The van der Waals surface area contributed by atoms with Gasteiger partial charge in [-0.25, -0.2) is 0 Å². The van der Waals surface area contributed by atoms with Gasteiger partial charge in [0.15, 0.2) is 23.4 Å². The van der Waals surface area contributed by atoms with Crippen LogP contribution in [0.5, 0.6) is 0 Å². The van der Waals surface area contributed by atoms with Crippen molar-refractivity contribution in [3.8, 4) is 0 Å². The highest BCUT2D eigenvalue weighted by Gasteiger charge is 2.42. The third-order valence-electron chi connectivity index (χ3n) is 4.31. The molecule has 0 bridgehead atoms. The highest BCUT2D eigenvalue weighted by atomic mass is 16.5. The average molecular weight is 336 g/mol. The van der Waals surface area contributed by atoms with Crippen LogP contribution in [0.4, 0.5) is 0 Å². The summed E-state index contributed by atoms with van der Waals surface area (Å²) in [6.45, 7) is 0.269. The fraction of sp³-hybridized carbons (Fsp3) is 0.190. The van der Waals surface area contributed by atoms with Gasteiger partial charge in [0.05, 0.1) is 13.7 Å². The first-order valence-electron chi connectivity index (χ1n) is 8.05. The molecular formula is C21H20O4. The van der Waals surface area contributed by atoms with Gasteiger partial charge in [0.2, 0.25) is 0 Å². The third-order valence-corrected chi connectivity index (χ3v) is 4.31. The Kier molecular flexibility index (Phi) is 5.00. The van der Waals surface area contributed by atoms with Crippen LogP contribution in [0.25, 0.3) is 0 Å². The molecule has 0 aromatic heterocycles. The van der Waals surface area contributed by atoms with Gasteiger partial charge in [-0.3, -0.25) is 4.79 Å². The van der Waals surface area contributed by atoms with Crippen molar-refractivity contribution >= 4 is 6.29 Å². The quantitative estimate of drug-likeness (QED) is 0.813. The molecule has 0 saturated carbocycles. The molecule has 0 radical (unpaired) electrons. The van der Waals surface area contributed by atoms with Crippen LogP contribution in [0.2, 0.25) is 0 Å². The summed E-state index contributed by atoms with van der Waals surface area (Å²) in [5, 5.41) is 10.2. The van der Waals surface area contributed by atoms with Crippen molar-refractivity contribution in [1.29, 1.82) is 0 Å². The minimum Gasteiger partial charge on any atom is -0.504 e. The van der Waals surface area contributed by atoms with Crippen LogP contribution in [0.1, 0.15) is 17.0 Å². The smallest absolute Gasteiger partial charge is 0.159 e. The first kappa shape index (κ1) is 17.0. The molecular weight excluding hydrogens is 316 g/mol. The lowest BCUT2D eigenvalue weighted by Crippen LogP contribution is -2.41. The number of ether oxygens (including phenoxy) is 2. The standard InChI is InChI=1S/C21H20O4/c1-24-20-13-21(15-22,25-14-16-8-4-2-5-9-16)18(12-19(20)23)17-10-6-3-7-11-17/h2-13,15,18,23H,14H2,1H3. The topological polar surface area (TPSA) is 55.8 Å². The highest BCUT2D eigenvalue weighted by molar-refractivity contribution is 5.72. The lowest BCUT2D eigenvalue weighted by Gasteiger charge is -2.35. The van der Waals surface area contributed by atoms with Gasteiger partial charge < -0.3 is 14.6 Å². The number of hydrogen-bond acceptors (Lipinski definition) is 4. The molecule has 0 amide bonds. The Morgan fingerprint density at radius 3 is 2.32 bits per heavy atom. The van der Waals surface area contributed by atoms with Crippen molar-refractivity contribution in [2.75, 3.05) is 7.11 Å². The second-order valence-corrected chi connectivity index (χ2v) is 5.90. The molecule has 2 atom stereocenters. The van der Waals surface area contributed by atoms with E-state index in [1.807, 2.05) is 60.7 Å². The molecule has 0 saturated heterocycles. The van der Waals surface area contributed by atoms with Crippen LogP contribution >= 0.6 is 0 Å². The van der Waals surface area contributed by atoms with E-state index in [1.165, 1.54) is 7.11 Å². The van der Waals surface area contributed by atoms with E-state index in [0.29, 0.717) is 0 Å². The summed E-state index contributed by atoms with van der Waals surface area (Å²) in [6.07, 6.45) is 3.93. The van der Waals surface area contributed by atoms with E-state index < -0.39 is 11.5 Å². The maximum absolute atomic E-state index is 12.1. The number of aliphatic hydroxyl groups excluding tert-OH is 1. The van der Waals surface area contributed by atoms with E-state index in [1.54, 1.807) is 12.2 Å². The number of carbonyl (C=O) groups excluding carboxylic acids is 1. The van der Waals surface area contributed by atoms with Crippen molar-refractivity contribution in [3.05, 3.63) is 95.5 Å². The van der Waals surface area contributed by atoms with Gasteiger partial charge in [-0.05, 0) is 17.2 Å². The summed E-state index contributed by atoms with van der Waals surface area (Å²) in [7, 11) is 1.45. The fourth-order valence-electron chi connectivity index (χ4n) is 2.97. The SMILES string of the molecule is COC1=CC(C=O)(OCc2ccccc2)C(c2ccccc2)C=C1O. The number of aldehydes is 1. The number of benzene rings is 2. The van der Waals surface area contributed by atoms with Crippen molar-refractivity contribution in [1.82, 2.24) is 0 Å². The first-order valence-corrected chi connectivity index (χ1v) is 8.05. The molecule has 1 aliphatic rings. The van der Waals surface area contributed by atoms with Gasteiger partial charge in [0, 0.05) is 12.0 Å². The largest absolute Gasteiger partial charge is 0.504 e. The summed E-state index contributed by atoms with van der Waals surface area (Å²) in [5.41, 5.74) is 0.580. The molecule has 128 valence electrons. The zero-order chi connectivity index (χ0) is 17.7. The predicted octanol–water partition coefficient (Wildman–Crippen LogP) is 3.91. The van der Waals surface area contributed by atoms with Crippen LogP contribution in [0.15, 0.2) is 84.3 Å². The summed E-state index contributed by atoms with van der Waals surface area (Å²) in [4.78, 5) is 12.1. The maximum atomic E-state index is 12.1. The average Bonchev–Trinajstić information content (AvgIpc) is 2.68. The Bertz CT molecular complexity index is 780. The Balaban J connectivity index is 1.99. The highest BCUT2D eigenvalue weighted by Crippen LogP contribution is 2.39. The Labute approximate surface area is 147 Å². The summed E-state index contributed by atoms with van der Waals surface area (Å²) in [6, 6.07) is 19.1. The minimum atomic E-state index is -1.26. The molecule has 2 aromatic rings. The number of hydrogen-bond donors (Lipinski definition) is 1. The lowest BCUT2D eigenvalue weighted by atomic mass is 9.79. The van der Waals surface area contributed by atoms with Gasteiger partial charge in [0.1, 0.15) is 0 Å². The monoisotopic (exact) mass is 336 g/mol. The zero-order valence-corrected chi connectivity index (χ0v) is 14.0. The van der Waals surface area contributed by atoms with E-state index in [9.17, 15) is 9.90 Å². The van der Waals surface area contributed by atoms with Crippen LogP contribution in [-0.4, -0.2) is 24.1 Å². The number of methoxy groups -OCH3 is 1. The molecule has 1 aliphatic carbocycles. The van der Waals surface area contributed by atoms with Crippen LogP contribution in [-0.2, 0) is 20.9 Å². The summed E-state index contributed by atoms with van der Waals surface area (Å²) in [5.74, 6) is -0.224. The normalized spacial score (nSPS) is 22.7. The summed E-state index contributed by atoms with van der Waals surface area (Å²) >= 11 is 0. The second kappa shape index (κ2) is 7.36. The molecule has 2 unspecified atom stereocenters. The third kappa shape index (κ3) is 3.49. The molecule has 3 rings (SSSR count). The predicted molar refractivity (Wildman–Crippen MR) is 95.0 cm³/mol. The molecule has 4 heteroatoms. The maximum Gasteiger partial charge on any atom is 0.159 e.